The third kappa shape index (κ3) is 3.89. The molecule has 3 aromatic carbocycles. The number of nitrogens with one attached hydrogen (secondary N) is 1. The van der Waals surface area contributed by atoms with Crippen molar-refractivity contribution in [3.8, 4) is 11.1 Å². The number of methoxy groups -OCH3 is 1. The summed E-state index contributed by atoms with van der Waals surface area (Å²) in [6, 6.07) is 24.0. The molecule has 25 heavy (non-hydrogen) atoms. The molecule has 3 nitrogen and oxygen atoms in total. The van der Waals surface area contributed by atoms with Gasteiger partial charge in [-0.05, 0) is 53.4 Å². The molecule has 0 atom stereocenters. The summed E-state index contributed by atoms with van der Waals surface area (Å²) in [5, 5.41) is 3.40. The minimum atomic E-state index is -0.319. The second kappa shape index (κ2) is 7.67. The molecule has 3 rings (SSSR count). The third-order valence-electron chi connectivity index (χ3n) is 4.19. The summed E-state index contributed by atoms with van der Waals surface area (Å²) < 4.78 is 4.95. The first-order chi connectivity index (χ1) is 12.2. The Morgan fingerprint density at radius 3 is 2.36 bits per heavy atom. The number of benzene rings is 3. The van der Waals surface area contributed by atoms with Gasteiger partial charge in [0.05, 0.1) is 12.7 Å². The normalized spacial score (nSPS) is 10.3. The van der Waals surface area contributed by atoms with Crippen LogP contribution < -0.4 is 5.32 Å². The summed E-state index contributed by atoms with van der Waals surface area (Å²) in [5.74, 6) is -0.319. The van der Waals surface area contributed by atoms with Gasteiger partial charge in [0.15, 0.2) is 0 Å². The summed E-state index contributed by atoms with van der Waals surface area (Å²) in [6.45, 7) is 2.73. The van der Waals surface area contributed by atoms with Crippen LogP contribution in [-0.4, -0.2) is 13.1 Å². The molecule has 0 aromatic heterocycles. The van der Waals surface area contributed by atoms with E-state index in [-0.39, 0.29) is 5.97 Å². The van der Waals surface area contributed by atoms with E-state index in [1.54, 1.807) is 0 Å². The van der Waals surface area contributed by atoms with Crippen molar-refractivity contribution in [1.82, 2.24) is 0 Å². The van der Waals surface area contributed by atoms with Crippen LogP contribution in [0.1, 0.15) is 21.5 Å². The van der Waals surface area contributed by atoms with E-state index in [1.807, 2.05) is 73.7 Å². The summed E-state index contributed by atoms with van der Waals surface area (Å²) in [5.41, 5.74) is 5.83. The zero-order valence-electron chi connectivity index (χ0n) is 14.5. The number of hydrogen-bond acceptors (Lipinski definition) is 3. The molecule has 0 amide bonds. The van der Waals surface area contributed by atoms with E-state index in [2.05, 4.69) is 11.4 Å². The molecule has 0 aliphatic carbocycles. The van der Waals surface area contributed by atoms with Gasteiger partial charge in [0.25, 0.3) is 0 Å². The molecule has 0 bridgehead atoms. The van der Waals surface area contributed by atoms with Gasteiger partial charge < -0.3 is 10.1 Å². The van der Waals surface area contributed by atoms with E-state index in [0.29, 0.717) is 12.1 Å². The molecule has 0 saturated heterocycles. The average molecular weight is 331 g/mol. The van der Waals surface area contributed by atoms with E-state index in [1.165, 1.54) is 7.11 Å². The first-order valence-corrected chi connectivity index (χ1v) is 8.25. The number of aryl methyl sites for hydroxylation is 1. The lowest BCUT2D eigenvalue weighted by Crippen LogP contribution is -2.06. The maximum absolute atomic E-state index is 12.2. The smallest absolute Gasteiger partial charge is 0.338 e. The highest BCUT2D eigenvalue weighted by Crippen LogP contribution is 2.29. The molecule has 1 N–H and O–H groups in total. The Hall–Kier alpha value is -3.07. The summed E-state index contributed by atoms with van der Waals surface area (Å²) >= 11 is 0. The number of esters is 1. The van der Waals surface area contributed by atoms with Gasteiger partial charge in [-0.25, -0.2) is 4.79 Å². The van der Waals surface area contributed by atoms with Crippen LogP contribution in [0.25, 0.3) is 11.1 Å². The Bertz CT molecular complexity index is 872. The van der Waals surface area contributed by atoms with Gasteiger partial charge in [-0.2, -0.15) is 0 Å². The van der Waals surface area contributed by atoms with Crippen LogP contribution in [0.4, 0.5) is 5.69 Å². The average Bonchev–Trinajstić information content (AvgIpc) is 2.67. The lowest BCUT2D eigenvalue weighted by atomic mass is 9.94. The van der Waals surface area contributed by atoms with E-state index < -0.39 is 0 Å². The summed E-state index contributed by atoms with van der Waals surface area (Å²) in [4.78, 5) is 12.2. The van der Waals surface area contributed by atoms with Crippen molar-refractivity contribution in [3.63, 3.8) is 0 Å². The minimum Gasteiger partial charge on any atom is -0.465 e. The Balaban J connectivity index is 1.96. The number of para-hydroxylation sites is 1. The van der Waals surface area contributed by atoms with Gasteiger partial charge in [0.2, 0.25) is 0 Å². The van der Waals surface area contributed by atoms with E-state index in [4.69, 9.17) is 4.74 Å². The van der Waals surface area contributed by atoms with Crippen molar-refractivity contribution in [2.75, 3.05) is 12.4 Å². The maximum atomic E-state index is 12.2. The molecule has 0 saturated carbocycles. The molecule has 0 heterocycles. The molecule has 0 unspecified atom stereocenters. The van der Waals surface area contributed by atoms with Crippen LogP contribution in [0, 0.1) is 6.92 Å². The number of rotatable bonds is 5. The zero-order chi connectivity index (χ0) is 17.6. The molecule has 3 heteroatoms. The van der Waals surface area contributed by atoms with Gasteiger partial charge in [-0.1, -0.05) is 48.5 Å². The van der Waals surface area contributed by atoms with E-state index >= 15 is 0 Å². The van der Waals surface area contributed by atoms with E-state index in [9.17, 15) is 4.79 Å². The number of ether oxygens (including phenoxy) is 1. The monoisotopic (exact) mass is 331 g/mol. The van der Waals surface area contributed by atoms with Gasteiger partial charge in [-0.15, -0.1) is 0 Å². The fourth-order valence-electron chi connectivity index (χ4n) is 2.85. The second-order valence-corrected chi connectivity index (χ2v) is 5.91. The Morgan fingerprint density at radius 2 is 1.64 bits per heavy atom. The fourth-order valence-corrected chi connectivity index (χ4v) is 2.85. The highest BCUT2D eigenvalue weighted by atomic mass is 16.5. The Labute approximate surface area is 148 Å². The predicted molar refractivity (Wildman–Crippen MR) is 102 cm³/mol. The number of carbonyl (C=O) groups is 1. The lowest BCUT2D eigenvalue weighted by Gasteiger charge is -2.14. The van der Waals surface area contributed by atoms with Crippen molar-refractivity contribution in [2.45, 2.75) is 13.5 Å². The van der Waals surface area contributed by atoms with Crippen LogP contribution in [0.2, 0.25) is 0 Å². The number of hydrogen-bond donors (Lipinski definition) is 1. The number of carbonyl (C=O) groups excluding carboxylic acids is 1. The molecular weight excluding hydrogens is 310 g/mol. The van der Waals surface area contributed by atoms with Gasteiger partial charge in [-0.3, -0.25) is 0 Å². The van der Waals surface area contributed by atoms with Crippen LogP contribution in [0.15, 0.2) is 72.8 Å². The van der Waals surface area contributed by atoms with Crippen molar-refractivity contribution < 1.29 is 9.53 Å². The first-order valence-electron chi connectivity index (χ1n) is 8.25. The summed E-state index contributed by atoms with van der Waals surface area (Å²) in [6.07, 6.45) is 0. The Morgan fingerprint density at radius 1 is 0.920 bits per heavy atom. The second-order valence-electron chi connectivity index (χ2n) is 5.91. The molecule has 0 fully saturated rings. The third-order valence-corrected chi connectivity index (χ3v) is 4.19. The van der Waals surface area contributed by atoms with Crippen LogP contribution in [0.3, 0.4) is 0 Å². The molecule has 0 radical (unpaired) electrons. The molecule has 0 aliphatic rings. The van der Waals surface area contributed by atoms with Crippen molar-refractivity contribution in [1.29, 1.82) is 0 Å². The number of anilines is 1. The van der Waals surface area contributed by atoms with Crippen molar-refractivity contribution in [3.05, 3.63) is 89.5 Å². The zero-order valence-corrected chi connectivity index (χ0v) is 14.5. The lowest BCUT2D eigenvalue weighted by molar-refractivity contribution is 0.0601. The molecule has 0 aliphatic heterocycles. The standard InChI is InChI=1S/C22H21NO2/c1-16-8-6-7-11-19(16)21-14-17(12-13-20(21)22(24)25-2)15-23-18-9-4-3-5-10-18/h3-14,23H,15H2,1-2H3. The van der Waals surface area contributed by atoms with Crippen molar-refractivity contribution in [2.24, 2.45) is 0 Å². The largest absolute Gasteiger partial charge is 0.465 e. The van der Waals surface area contributed by atoms with Crippen LogP contribution in [0.5, 0.6) is 0 Å². The van der Waals surface area contributed by atoms with Crippen molar-refractivity contribution >= 4 is 11.7 Å². The van der Waals surface area contributed by atoms with Crippen LogP contribution in [-0.2, 0) is 11.3 Å². The fraction of sp³-hybridized carbons (Fsp3) is 0.136. The highest BCUT2D eigenvalue weighted by molar-refractivity contribution is 5.97. The molecule has 0 spiro atoms. The van der Waals surface area contributed by atoms with Crippen LogP contribution >= 0.6 is 0 Å². The molecular formula is C22H21NO2. The topological polar surface area (TPSA) is 38.3 Å². The molecule has 126 valence electrons. The maximum Gasteiger partial charge on any atom is 0.338 e. The highest BCUT2D eigenvalue weighted by Gasteiger charge is 2.15. The van der Waals surface area contributed by atoms with Gasteiger partial charge in [0.1, 0.15) is 0 Å². The Kier molecular flexibility index (Phi) is 5.14. The minimum absolute atomic E-state index is 0.319. The quantitative estimate of drug-likeness (QED) is 0.664. The first kappa shape index (κ1) is 16.8. The van der Waals surface area contributed by atoms with Gasteiger partial charge >= 0.3 is 5.97 Å². The van der Waals surface area contributed by atoms with Gasteiger partial charge in [0, 0.05) is 12.2 Å². The predicted octanol–water partition coefficient (Wildman–Crippen LogP) is 5.06. The SMILES string of the molecule is COC(=O)c1ccc(CNc2ccccc2)cc1-c1ccccc1C. The van der Waals surface area contributed by atoms with E-state index in [0.717, 1.165) is 27.9 Å². The molecule has 3 aromatic rings. The summed E-state index contributed by atoms with van der Waals surface area (Å²) in [7, 11) is 1.41.